The highest BCUT2D eigenvalue weighted by atomic mass is 16.2. The van der Waals surface area contributed by atoms with Crippen LogP contribution >= 0.6 is 0 Å². The average molecular weight is 349 g/mol. The summed E-state index contributed by atoms with van der Waals surface area (Å²) in [5, 5.41) is 12.2. The van der Waals surface area contributed by atoms with Crippen LogP contribution in [-0.2, 0) is 11.3 Å². The van der Waals surface area contributed by atoms with Crippen molar-refractivity contribution in [1.82, 2.24) is 9.88 Å². The molecule has 3 rings (SSSR count). The number of aromatic nitrogens is 1. The van der Waals surface area contributed by atoms with Gasteiger partial charge >= 0.3 is 0 Å². The Bertz CT molecular complexity index is 798. The predicted octanol–water partition coefficient (Wildman–Crippen LogP) is 3.31. The number of hydrogen-bond acceptors (Lipinski definition) is 3. The fraction of sp³-hybridized carbons (Fsp3) is 0.381. The summed E-state index contributed by atoms with van der Waals surface area (Å²) in [7, 11) is 0. The average Bonchev–Trinajstić information content (AvgIpc) is 3.12. The number of nitriles is 1. The lowest BCUT2D eigenvalue weighted by molar-refractivity contribution is -0.123. The number of ketones is 1. The highest BCUT2D eigenvalue weighted by Crippen LogP contribution is 2.18. The minimum atomic E-state index is -1.29. The van der Waals surface area contributed by atoms with Gasteiger partial charge in [0, 0.05) is 30.5 Å². The van der Waals surface area contributed by atoms with E-state index >= 15 is 0 Å². The second kappa shape index (κ2) is 8.48. The van der Waals surface area contributed by atoms with Gasteiger partial charge in [-0.05, 0) is 24.5 Å². The Balaban J connectivity index is 1.65. The summed E-state index contributed by atoms with van der Waals surface area (Å²) in [5.74, 6) is -2.20. The van der Waals surface area contributed by atoms with Gasteiger partial charge in [-0.15, -0.1) is 0 Å². The summed E-state index contributed by atoms with van der Waals surface area (Å²) in [4.78, 5) is 25.0. The second-order valence-corrected chi connectivity index (χ2v) is 6.83. The highest BCUT2D eigenvalue weighted by molar-refractivity contribution is 6.12. The van der Waals surface area contributed by atoms with Crippen LogP contribution in [0.3, 0.4) is 0 Å². The first-order valence-corrected chi connectivity index (χ1v) is 9.11. The summed E-state index contributed by atoms with van der Waals surface area (Å²) in [6.45, 7) is 0.639. The van der Waals surface area contributed by atoms with Crippen molar-refractivity contribution in [2.45, 2.75) is 44.7 Å². The van der Waals surface area contributed by atoms with Crippen LogP contribution in [0.5, 0.6) is 0 Å². The quantitative estimate of drug-likeness (QED) is 0.642. The van der Waals surface area contributed by atoms with Crippen molar-refractivity contribution in [2.75, 3.05) is 0 Å². The molecule has 1 atom stereocenters. The van der Waals surface area contributed by atoms with Gasteiger partial charge in [0.25, 0.3) is 0 Å². The van der Waals surface area contributed by atoms with Crippen molar-refractivity contribution in [3.63, 3.8) is 0 Å². The van der Waals surface area contributed by atoms with Gasteiger partial charge in [-0.1, -0.05) is 49.6 Å². The van der Waals surface area contributed by atoms with Crippen LogP contribution in [0.2, 0.25) is 0 Å². The standard InChI is InChI=1S/C21H23N3O2/c22-13-19(21(26)23-18-9-5-2-6-10-18)20(25)17-11-12-24(15-17)14-16-7-3-1-4-8-16/h1,3-4,7-8,11-12,15,18-19H,2,5-6,9-10,14H2,(H,23,26)/t19-/m0/s1. The molecule has 0 aliphatic heterocycles. The molecule has 1 fully saturated rings. The molecule has 1 aliphatic rings. The van der Waals surface area contributed by atoms with Crippen LogP contribution in [0.4, 0.5) is 0 Å². The van der Waals surface area contributed by atoms with Crippen LogP contribution in [0.15, 0.2) is 48.8 Å². The molecule has 0 unspecified atom stereocenters. The molecule has 134 valence electrons. The number of carbonyl (C=O) groups excluding carboxylic acids is 2. The van der Waals surface area contributed by atoms with Crippen LogP contribution in [0, 0.1) is 17.2 Å². The van der Waals surface area contributed by atoms with Crippen molar-refractivity contribution in [3.8, 4) is 6.07 Å². The molecule has 26 heavy (non-hydrogen) atoms. The van der Waals surface area contributed by atoms with E-state index in [-0.39, 0.29) is 6.04 Å². The summed E-state index contributed by atoms with van der Waals surface area (Å²) in [6, 6.07) is 13.5. The number of carbonyl (C=O) groups is 2. The summed E-state index contributed by atoms with van der Waals surface area (Å²) in [5.41, 5.74) is 1.51. The Labute approximate surface area is 153 Å². The van der Waals surface area contributed by atoms with E-state index in [1.54, 1.807) is 18.5 Å². The van der Waals surface area contributed by atoms with Crippen molar-refractivity contribution in [3.05, 3.63) is 59.9 Å². The SMILES string of the molecule is N#C[C@H](C(=O)NC1CCCCC1)C(=O)c1ccn(Cc2ccccc2)c1. The second-order valence-electron chi connectivity index (χ2n) is 6.83. The van der Waals surface area contributed by atoms with Crippen molar-refractivity contribution in [2.24, 2.45) is 5.92 Å². The molecule has 2 aromatic rings. The Morgan fingerprint density at radius 2 is 1.88 bits per heavy atom. The largest absolute Gasteiger partial charge is 0.352 e. The molecule has 0 bridgehead atoms. The summed E-state index contributed by atoms with van der Waals surface area (Å²) in [6.07, 6.45) is 8.69. The Hall–Kier alpha value is -2.87. The van der Waals surface area contributed by atoms with Gasteiger partial charge in [0.1, 0.15) is 0 Å². The molecule has 1 amide bonds. The molecule has 0 saturated heterocycles. The highest BCUT2D eigenvalue weighted by Gasteiger charge is 2.30. The molecule has 1 saturated carbocycles. The molecule has 1 N–H and O–H groups in total. The molecule has 1 aromatic carbocycles. The van der Waals surface area contributed by atoms with E-state index < -0.39 is 17.6 Å². The van der Waals surface area contributed by atoms with E-state index in [1.165, 1.54) is 6.42 Å². The Morgan fingerprint density at radius 3 is 2.58 bits per heavy atom. The lowest BCUT2D eigenvalue weighted by atomic mass is 9.94. The van der Waals surface area contributed by atoms with Gasteiger partial charge < -0.3 is 9.88 Å². The Morgan fingerprint density at radius 1 is 1.15 bits per heavy atom. The van der Waals surface area contributed by atoms with Crippen molar-refractivity contribution >= 4 is 11.7 Å². The molecule has 1 aliphatic carbocycles. The number of rotatable bonds is 6. The third-order valence-electron chi connectivity index (χ3n) is 4.85. The lowest BCUT2D eigenvalue weighted by Gasteiger charge is -2.23. The summed E-state index contributed by atoms with van der Waals surface area (Å²) < 4.78 is 1.88. The van der Waals surface area contributed by atoms with Gasteiger partial charge in [0.05, 0.1) is 6.07 Å². The Kier molecular flexibility index (Phi) is 5.85. The van der Waals surface area contributed by atoms with Gasteiger partial charge in [0.2, 0.25) is 5.91 Å². The number of benzene rings is 1. The number of nitrogens with one attached hydrogen (secondary N) is 1. The molecular formula is C21H23N3O2. The lowest BCUT2D eigenvalue weighted by Crippen LogP contribution is -2.41. The zero-order valence-electron chi connectivity index (χ0n) is 14.7. The van der Waals surface area contributed by atoms with Crippen molar-refractivity contribution in [1.29, 1.82) is 5.26 Å². The van der Waals surface area contributed by atoms with E-state index in [1.807, 2.05) is 41.0 Å². The molecule has 1 aromatic heterocycles. The van der Waals surface area contributed by atoms with Crippen molar-refractivity contribution < 1.29 is 9.59 Å². The third-order valence-corrected chi connectivity index (χ3v) is 4.85. The van der Waals surface area contributed by atoms with Crippen LogP contribution in [0.25, 0.3) is 0 Å². The van der Waals surface area contributed by atoms with E-state index in [2.05, 4.69) is 5.32 Å². The minimum absolute atomic E-state index is 0.0857. The van der Waals surface area contributed by atoms with Crippen LogP contribution < -0.4 is 5.32 Å². The van der Waals surface area contributed by atoms with Gasteiger partial charge in [-0.25, -0.2) is 0 Å². The zero-order chi connectivity index (χ0) is 18.4. The van der Waals surface area contributed by atoms with Crippen LogP contribution in [0.1, 0.15) is 48.0 Å². The first-order chi connectivity index (χ1) is 12.7. The van der Waals surface area contributed by atoms with E-state index in [4.69, 9.17) is 0 Å². The molecule has 0 spiro atoms. The normalized spacial score (nSPS) is 15.8. The maximum absolute atomic E-state index is 12.6. The number of amides is 1. The summed E-state index contributed by atoms with van der Waals surface area (Å²) >= 11 is 0. The van der Waals surface area contributed by atoms with E-state index in [0.717, 1.165) is 31.2 Å². The fourth-order valence-corrected chi connectivity index (χ4v) is 3.41. The predicted molar refractivity (Wildman–Crippen MR) is 98.4 cm³/mol. The van der Waals surface area contributed by atoms with Gasteiger partial charge in [0.15, 0.2) is 11.7 Å². The maximum Gasteiger partial charge on any atom is 0.245 e. The molecule has 5 heteroatoms. The topological polar surface area (TPSA) is 74.9 Å². The number of nitrogens with zero attached hydrogens (tertiary/aromatic N) is 2. The first-order valence-electron chi connectivity index (χ1n) is 9.11. The maximum atomic E-state index is 12.6. The molecule has 1 heterocycles. The first kappa shape index (κ1) is 17.9. The number of hydrogen-bond donors (Lipinski definition) is 1. The molecule has 5 nitrogen and oxygen atoms in total. The van der Waals surface area contributed by atoms with E-state index in [9.17, 15) is 14.9 Å². The van der Waals surface area contributed by atoms with E-state index in [0.29, 0.717) is 12.1 Å². The smallest absolute Gasteiger partial charge is 0.245 e. The molecule has 0 radical (unpaired) electrons. The minimum Gasteiger partial charge on any atom is -0.352 e. The number of Topliss-reactive ketones (excluding diaryl/α,β-unsaturated/α-hetero) is 1. The third kappa shape index (κ3) is 4.40. The van der Waals surface area contributed by atoms with Crippen LogP contribution in [-0.4, -0.2) is 22.3 Å². The fourth-order valence-electron chi connectivity index (χ4n) is 3.41. The molecular weight excluding hydrogens is 326 g/mol. The zero-order valence-corrected chi connectivity index (χ0v) is 14.7. The van der Waals surface area contributed by atoms with Gasteiger partial charge in [-0.3, -0.25) is 9.59 Å². The van der Waals surface area contributed by atoms with Gasteiger partial charge in [-0.2, -0.15) is 5.26 Å². The monoisotopic (exact) mass is 349 g/mol.